The fraction of sp³-hybridized carbons (Fsp3) is 0.119. The van der Waals surface area contributed by atoms with Gasteiger partial charge in [-0.2, -0.15) is 130 Å². The van der Waals surface area contributed by atoms with Gasteiger partial charge >= 0.3 is 20.1 Å². The van der Waals surface area contributed by atoms with Crippen LogP contribution in [0.1, 0.15) is 77.2 Å². The Morgan fingerprint density at radius 2 is 0.816 bits per heavy atom. The summed E-state index contributed by atoms with van der Waals surface area (Å²) in [6.07, 6.45) is 11.4. The number of hydrogen-bond acceptors (Lipinski definition) is 7. The second-order valence-corrected chi connectivity index (χ2v) is 31.7. The smallest absolute Gasteiger partial charge is 0.510 e. The van der Waals surface area contributed by atoms with Crippen LogP contribution in [0.25, 0.3) is 112 Å². The molecule has 19 aromatic rings. The first-order valence-corrected chi connectivity index (χ1v) is 41.0. The molecule has 0 saturated heterocycles. The number of hydrogen-bond donors (Lipinski definition) is 0. The monoisotopic (exact) mass is 2160 g/mol. The number of fused-ring (bicyclic) bond motifs is 13. The van der Waals surface area contributed by atoms with Crippen LogP contribution in [-0.2, 0) is 78.3 Å². The summed E-state index contributed by atoms with van der Waals surface area (Å²) in [7, 11) is 3.98. The maximum absolute atomic E-state index is 4.63. The second kappa shape index (κ2) is 38.8. The first kappa shape index (κ1) is 88.3. The normalized spacial score (nSPS) is 12.1. The van der Waals surface area contributed by atoms with Crippen LogP contribution < -0.4 is 4.90 Å². The van der Waals surface area contributed by atoms with Gasteiger partial charge in [-0.05, 0) is 185 Å². The largest absolute Gasteiger partial charge is 3.00 e. The van der Waals surface area contributed by atoms with Gasteiger partial charge in [0.15, 0.2) is 0 Å². The van der Waals surface area contributed by atoms with E-state index < -0.39 is 0 Å². The van der Waals surface area contributed by atoms with E-state index in [1.165, 1.54) is 88.6 Å². The molecule has 0 N–H and O–H groups in total. The molecule has 2 aliphatic carbocycles. The molecule has 0 fully saturated rings. The molecule has 7 heterocycles. The molecule has 16 heteroatoms. The molecule has 125 heavy (non-hydrogen) atoms. The molecule has 6 aromatic heterocycles. The van der Waals surface area contributed by atoms with E-state index in [9.17, 15) is 0 Å². The Kier molecular flexibility index (Phi) is 27.4. The average Bonchev–Trinajstić information content (AvgIpc) is 1.51. The van der Waals surface area contributed by atoms with E-state index in [0.29, 0.717) is 0 Å². The van der Waals surface area contributed by atoms with Gasteiger partial charge in [0, 0.05) is 116 Å². The Labute approximate surface area is 773 Å². The zero-order valence-electron chi connectivity index (χ0n) is 71.4. The van der Waals surface area contributed by atoms with Crippen LogP contribution in [0.4, 0.5) is 5.69 Å². The van der Waals surface area contributed by atoms with E-state index in [4.69, 9.17) is 0 Å². The van der Waals surface area contributed by atoms with Crippen LogP contribution in [0.3, 0.4) is 0 Å². The Hall–Kier alpha value is -13.0. The van der Waals surface area contributed by atoms with Crippen molar-refractivity contribution in [1.82, 2.24) is 58.1 Å². The van der Waals surface area contributed by atoms with E-state index in [-0.39, 0.29) is 71.3 Å². The molecular formula is C109H92Ir3N13-4. The van der Waals surface area contributed by atoms with Crippen LogP contribution in [0.15, 0.2) is 353 Å². The summed E-state index contributed by atoms with van der Waals surface area (Å²) in [5.74, 6) is 0.954. The van der Waals surface area contributed by atoms with Gasteiger partial charge in [0.05, 0.1) is 28.3 Å². The van der Waals surface area contributed by atoms with Crippen molar-refractivity contribution in [2.45, 2.75) is 73.3 Å². The van der Waals surface area contributed by atoms with Gasteiger partial charge in [-0.15, -0.1) is 88.6 Å². The average molecular weight is 2160 g/mol. The summed E-state index contributed by atoms with van der Waals surface area (Å²) in [5.41, 5.74) is 32.6. The molecule has 0 amide bonds. The minimum Gasteiger partial charge on any atom is -0.510 e. The van der Waals surface area contributed by atoms with Gasteiger partial charge in [0.25, 0.3) is 0 Å². The zero-order valence-corrected chi connectivity index (χ0v) is 78.6. The quantitative estimate of drug-likeness (QED) is 0.133. The molecule has 0 saturated carbocycles. The number of anilines is 1. The van der Waals surface area contributed by atoms with Crippen LogP contribution in [0.5, 0.6) is 0 Å². The molecule has 0 bridgehead atoms. The van der Waals surface area contributed by atoms with Crippen molar-refractivity contribution in [3.63, 3.8) is 0 Å². The number of rotatable bonds is 9. The first-order valence-electron chi connectivity index (χ1n) is 41.0. The Morgan fingerprint density at radius 3 is 1.28 bits per heavy atom. The molecule has 1 spiro atoms. The van der Waals surface area contributed by atoms with Crippen molar-refractivity contribution in [3.8, 4) is 89.8 Å². The molecule has 2 radical (unpaired) electrons. The molecule has 3 aliphatic rings. The predicted octanol–water partition coefficient (Wildman–Crippen LogP) is 24.5. The molecule has 13 aromatic carbocycles. The molecular weight excluding hydrogens is 2070 g/mol. The maximum atomic E-state index is 4.63. The van der Waals surface area contributed by atoms with Crippen LogP contribution in [0, 0.1) is 84.6 Å². The Balaban J connectivity index is 0.000000129. The fourth-order valence-electron chi connectivity index (χ4n) is 16.8. The van der Waals surface area contributed by atoms with Crippen molar-refractivity contribution in [1.29, 1.82) is 0 Å². The molecule has 0 atom stereocenters. The SMILES string of the molecule is CN1C=CN(c2[c-]cc(-c3ccccc3)cc2)[CH-]1.Cc1cc(C)n(-c2[c-]cc(-c3ccc4c(c3)C3(c5ccccc5-c5ccccc53)c3ccccc3-4)cc2)n1.Cc1cc(C)n(-c2[c-]cc(-c3ccc4c5ccccc5n(C(C)(C)C)c4c3)cc2)n1.Cc1cc(C)n(-c2[c-]cccc2)n1.Cn1ccnc1-c1[c-]cccc1.[Ir+3].[Ir].[Ir].[c-]1ccccc1-n1cccn1. The van der Waals surface area contributed by atoms with Crippen LogP contribution in [0.2, 0.25) is 0 Å². The second-order valence-electron chi connectivity index (χ2n) is 31.7. The number of aromatic nitrogens is 11. The van der Waals surface area contributed by atoms with Gasteiger partial charge in [-0.1, -0.05) is 168 Å². The Bertz CT molecular complexity index is 6800. The third-order valence-corrected chi connectivity index (χ3v) is 22.2. The predicted molar refractivity (Wildman–Crippen MR) is 495 cm³/mol. The third-order valence-electron chi connectivity index (χ3n) is 22.2. The fourth-order valence-corrected chi connectivity index (χ4v) is 16.8. The third kappa shape index (κ3) is 18.5. The van der Waals surface area contributed by atoms with Crippen LogP contribution >= 0.6 is 0 Å². The first-order chi connectivity index (χ1) is 59.4. The van der Waals surface area contributed by atoms with E-state index >= 15 is 0 Å². The number of para-hydroxylation sites is 3. The summed E-state index contributed by atoms with van der Waals surface area (Å²) in [6.45, 7) is 21.0. The number of imidazole rings is 1. The summed E-state index contributed by atoms with van der Waals surface area (Å²) in [6, 6.07) is 130. The maximum Gasteiger partial charge on any atom is 3.00 e. The van der Waals surface area contributed by atoms with Gasteiger partial charge in [0.1, 0.15) is 0 Å². The van der Waals surface area contributed by atoms with Crippen molar-refractivity contribution in [2.24, 2.45) is 7.05 Å². The molecule has 624 valence electrons. The van der Waals surface area contributed by atoms with Gasteiger partial charge < -0.3 is 18.9 Å². The zero-order chi connectivity index (χ0) is 84.0. The number of nitrogens with zero attached hydrogens (tertiary/aromatic N) is 13. The molecule has 22 rings (SSSR count). The molecule has 13 nitrogen and oxygen atoms in total. The minimum absolute atomic E-state index is 0. The van der Waals surface area contributed by atoms with E-state index in [1.807, 2.05) is 188 Å². The summed E-state index contributed by atoms with van der Waals surface area (Å²) >= 11 is 0. The topological polar surface area (TPSA) is 101 Å². The number of benzene rings is 13. The summed E-state index contributed by atoms with van der Waals surface area (Å²) in [5, 5.41) is 20.2. The van der Waals surface area contributed by atoms with Crippen molar-refractivity contribution < 1.29 is 60.3 Å². The minimum atomic E-state index is -0.317. The van der Waals surface area contributed by atoms with Crippen molar-refractivity contribution in [3.05, 3.63) is 452 Å². The Morgan fingerprint density at radius 1 is 0.360 bits per heavy atom. The van der Waals surface area contributed by atoms with Gasteiger partial charge in [0.2, 0.25) is 0 Å². The van der Waals surface area contributed by atoms with E-state index in [2.05, 4.69) is 330 Å². The van der Waals surface area contributed by atoms with Gasteiger partial charge in [-0.3, -0.25) is 23.7 Å². The van der Waals surface area contributed by atoms with Crippen molar-refractivity contribution >= 4 is 27.5 Å². The summed E-state index contributed by atoms with van der Waals surface area (Å²) in [4.78, 5) is 8.28. The van der Waals surface area contributed by atoms with E-state index in [1.54, 1.807) is 17.1 Å². The summed E-state index contributed by atoms with van der Waals surface area (Å²) < 4.78 is 12.0. The van der Waals surface area contributed by atoms with Gasteiger partial charge in [-0.25, -0.2) is 0 Å². The van der Waals surface area contributed by atoms with Crippen LogP contribution in [-0.4, -0.2) is 65.2 Å². The van der Waals surface area contributed by atoms with Crippen molar-refractivity contribution in [2.75, 3.05) is 11.9 Å². The van der Waals surface area contributed by atoms with E-state index in [0.717, 1.165) is 85.1 Å². The number of aryl methyl sites for hydroxylation is 7. The standard InChI is InChI=1S/C36H25N2.C27H26N3.C16H14N2.C11H11N2.C10H9N2.C9H7N2.3Ir/c1-23-21-24(2)38(37-23)27-18-15-25(16-19-27)26-17-20-31-30-11-5-8-14-34(30)36(35(31)22-26)32-12-6-3-9-28(32)29-10-4-7-13-33(29)36;1-18-16-19(2)30(28-18)22-13-10-20(11-14-22)21-12-15-24-23-8-6-7-9-25(23)29(26(24)17-21)27(3,4)5;1-17-11-12-18(13-17)16-9-7-15(8-10-16)14-5-3-2-4-6-14;1-9-8-10(2)13(12-9)11-6-4-3-5-7-11;1-12-8-7-11-10(12)9-5-3-2-4-6-9;1-2-5-9(6-3-1)11-8-4-7-10-11;;;/h3-18,20-22H,1-2H3;6-13,15-17H,1-5H3;2-9,11-13H,1H3;3-6,8H,1-2H3;2-5,7-8H,1H3;1-5,7-8H;;;/q2*-1;-2;3*-1;;;+3. The molecule has 1 aliphatic heterocycles. The molecule has 0 unspecified atom stereocenters.